The molecule has 1 aromatic heterocycles. The molecule has 1 aliphatic carbocycles. The van der Waals surface area contributed by atoms with E-state index in [0.717, 1.165) is 42.2 Å². The standard InChI is InChI=1S/C18H17ClN2O5S/c1-2-26-18(23)15-12-5-3-4-6-14(12)27-17(15)20-16(22)11-8-7-10(21(24)25)9-13(11)19/h7-9H,2-6H2,1H3,(H,20,22). The van der Waals surface area contributed by atoms with E-state index < -0.39 is 16.8 Å². The van der Waals surface area contributed by atoms with Crippen molar-refractivity contribution < 1.29 is 19.2 Å². The van der Waals surface area contributed by atoms with Gasteiger partial charge in [0, 0.05) is 17.0 Å². The number of benzene rings is 1. The number of carbonyl (C=O) groups excluding carboxylic acids is 2. The fourth-order valence-electron chi connectivity index (χ4n) is 3.05. The van der Waals surface area contributed by atoms with Crippen LogP contribution >= 0.6 is 22.9 Å². The zero-order valence-corrected chi connectivity index (χ0v) is 16.1. The number of non-ortho nitro benzene ring substituents is 1. The Kier molecular flexibility index (Phi) is 5.76. The van der Waals surface area contributed by atoms with E-state index >= 15 is 0 Å². The third-order valence-electron chi connectivity index (χ3n) is 4.29. The molecule has 0 radical (unpaired) electrons. The summed E-state index contributed by atoms with van der Waals surface area (Å²) in [6.07, 6.45) is 3.66. The number of carbonyl (C=O) groups is 2. The first-order valence-electron chi connectivity index (χ1n) is 8.49. The molecule has 0 bridgehead atoms. The molecule has 1 N–H and O–H groups in total. The molecule has 3 rings (SSSR count). The van der Waals surface area contributed by atoms with Gasteiger partial charge in [-0.3, -0.25) is 14.9 Å². The minimum absolute atomic E-state index is 0.0271. The number of halogens is 1. The van der Waals surface area contributed by atoms with Crippen LogP contribution in [0, 0.1) is 10.1 Å². The SMILES string of the molecule is CCOC(=O)c1c(NC(=O)c2ccc([N+](=O)[O-])cc2Cl)sc2c1CCCC2. The molecule has 9 heteroatoms. The number of nitrogens with one attached hydrogen (secondary N) is 1. The molecule has 1 aromatic carbocycles. The summed E-state index contributed by atoms with van der Waals surface area (Å²) in [4.78, 5) is 36.4. The Hall–Kier alpha value is -2.45. The number of fused-ring (bicyclic) bond motifs is 1. The Balaban J connectivity index is 1.93. The largest absolute Gasteiger partial charge is 0.462 e. The van der Waals surface area contributed by atoms with Crippen molar-refractivity contribution >= 4 is 45.5 Å². The van der Waals surface area contributed by atoms with Gasteiger partial charge in [-0.1, -0.05) is 11.6 Å². The Morgan fingerprint density at radius 2 is 2.07 bits per heavy atom. The van der Waals surface area contributed by atoms with Gasteiger partial charge in [0.1, 0.15) is 5.00 Å². The van der Waals surface area contributed by atoms with Crippen LogP contribution in [-0.4, -0.2) is 23.4 Å². The van der Waals surface area contributed by atoms with Crippen LogP contribution in [0.5, 0.6) is 0 Å². The molecule has 0 aliphatic heterocycles. The molecule has 1 heterocycles. The lowest BCUT2D eigenvalue weighted by Gasteiger charge is -2.12. The normalized spacial score (nSPS) is 13.0. The van der Waals surface area contributed by atoms with E-state index in [9.17, 15) is 19.7 Å². The predicted octanol–water partition coefficient (Wildman–Crippen LogP) is 4.62. The van der Waals surface area contributed by atoms with Crippen LogP contribution in [0.4, 0.5) is 10.7 Å². The summed E-state index contributed by atoms with van der Waals surface area (Å²) in [5, 5.41) is 14.0. The number of aryl methyl sites for hydroxylation is 1. The van der Waals surface area contributed by atoms with Gasteiger partial charge in [0.15, 0.2) is 0 Å². The molecule has 0 saturated carbocycles. The first-order chi connectivity index (χ1) is 12.9. The summed E-state index contributed by atoms with van der Waals surface area (Å²) < 4.78 is 5.16. The molecular formula is C18H17ClN2O5S. The highest BCUT2D eigenvalue weighted by Crippen LogP contribution is 2.39. The third-order valence-corrected chi connectivity index (χ3v) is 5.81. The van der Waals surface area contributed by atoms with E-state index in [2.05, 4.69) is 5.32 Å². The van der Waals surface area contributed by atoms with Crippen LogP contribution in [0.15, 0.2) is 18.2 Å². The van der Waals surface area contributed by atoms with Crippen LogP contribution in [0.25, 0.3) is 0 Å². The number of amides is 1. The number of nitrogens with zero attached hydrogens (tertiary/aromatic N) is 1. The smallest absolute Gasteiger partial charge is 0.341 e. The highest BCUT2D eigenvalue weighted by Gasteiger charge is 2.28. The number of hydrogen-bond acceptors (Lipinski definition) is 6. The maximum Gasteiger partial charge on any atom is 0.341 e. The minimum atomic E-state index is -0.584. The molecule has 0 unspecified atom stereocenters. The van der Waals surface area contributed by atoms with Crippen molar-refractivity contribution in [3.8, 4) is 0 Å². The molecular weight excluding hydrogens is 392 g/mol. The van der Waals surface area contributed by atoms with Crippen molar-refractivity contribution in [3.63, 3.8) is 0 Å². The number of rotatable bonds is 5. The third kappa shape index (κ3) is 3.96. The molecule has 27 heavy (non-hydrogen) atoms. The summed E-state index contributed by atoms with van der Waals surface area (Å²) in [6.45, 7) is 1.97. The topological polar surface area (TPSA) is 98.5 Å². The van der Waals surface area contributed by atoms with Gasteiger partial charge in [-0.05, 0) is 44.2 Å². The molecule has 0 fully saturated rings. The van der Waals surface area contributed by atoms with Crippen molar-refractivity contribution in [2.45, 2.75) is 32.6 Å². The molecule has 2 aromatic rings. The number of anilines is 1. The summed E-state index contributed by atoms with van der Waals surface area (Å²) in [7, 11) is 0. The maximum atomic E-state index is 12.7. The van der Waals surface area contributed by atoms with Crippen LogP contribution < -0.4 is 5.32 Å². The van der Waals surface area contributed by atoms with Crippen LogP contribution in [0.2, 0.25) is 5.02 Å². The second-order valence-corrected chi connectivity index (χ2v) is 7.52. The number of thiophene rings is 1. The summed E-state index contributed by atoms with van der Waals surface area (Å²) >= 11 is 7.40. The Bertz CT molecular complexity index is 925. The zero-order valence-electron chi connectivity index (χ0n) is 14.5. The molecule has 0 atom stereocenters. The van der Waals surface area contributed by atoms with E-state index in [1.165, 1.54) is 23.5 Å². The fourth-order valence-corrected chi connectivity index (χ4v) is 4.58. The van der Waals surface area contributed by atoms with E-state index in [1.54, 1.807) is 6.92 Å². The Labute approximate surface area is 164 Å². The van der Waals surface area contributed by atoms with Crippen molar-refractivity contribution in [1.29, 1.82) is 0 Å². The van der Waals surface area contributed by atoms with Gasteiger partial charge in [-0.15, -0.1) is 11.3 Å². The molecule has 1 aliphatic rings. The quantitative estimate of drug-likeness (QED) is 0.442. The highest BCUT2D eigenvalue weighted by molar-refractivity contribution is 7.17. The lowest BCUT2D eigenvalue weighted by molar-refractivity contribution is -0.384. The van der Waals surface area contributed by atoms with Crippen LogP contribution in [0.3, 0.4) is 0 Å². The van der Waals surface area contributed by atoms with Gasteiger partial charge in [0.25, 0.3) is 11.6 Å². The fraction of sp³-hybridized carbons (Fsp3) is 0.333. The highest BCUT2D eigenvalue weighted by atomic mass is 35.5. The number of nitro benzene ring substituents is 1. The van der Waals surface area contributed by atoms with Crippen LogP contribution in [0.1, 0.15) is 50.9 Å². The molecule has 0 spiro atoms. The Morgan fingerprint density at radius 3 is 2.74 bits per heavy atom. The first kappa shape index (κ1) is 19.3. The van der Waals surface area contributed by atoms with Gasteiger partial charge < -0.3 is 10.1 Å². The summed E-state index contributed by atoms with van der Waals surface area (Å²) in [6, 6.07) is 3.64. The van der Waals surface area contributed by atoms with Gasteiger partial charge in [-0.2, -0.15) is 0 Å². The van der Waals surface area contributed by atoms with E-state index in [1.807, 2.05) is 0 Å². The lowest BCUT2D eigenvalue weighted by atomic mass is 9.95. The second-order valence-electron chi connectivity index (χ2n) is 6.01. The number of nitro groups is 1. The zero-order chi connectivity index (χ0) is 19.6. The molecule has 142 valence electrons. The van der Waals surface area contributed by atoms with E-state index in [-0.39, 0.29) is 22.9 Å². The molecule has 7 nitrogen and oxygen atoms in total. The summed E-state index contributed by atoms with van der Waals surface area (Å²) in [5.74, 6) is -0.985. The predicted molar refractivity (Wildman–Crippen MR) is 103 cm³/mol. The Morgan fingerprint density at radius 1 is 1.33 bits per heavy atom. The average molecular weight is 409 g/mol. The van der Waals surface area contributed by atoms with E-state index in [4.69, 9.17) is 16.3 Å². The monoisotopic (exact) mass is 408 g/mol. The summed E-state index contributed by atoms with van der Waals surface area (Å²) in [5.41, 5.74) is 1.25. The first-order valence-corrected chi connectivity index (χ1v) is 9.68. The van der Waals surface area contributed by atoms with Gasteiger partial charge in [0.2, 0.25) is 0 Å². The van der Waals surface area contributed by atoms with Crippen molar-refractivity contribution in [2.75, 3.05) is 11.9 Å². The van der Waals surface area contributed by atoms with Crippen molar-refractivity contribution in [2.24, 2.45) is 0 Å². The number of hydrogen-bond donors (Lipinski definition) is 1. The average Bonchev–Trinajstić information content (AvgIpc) is 2.99. The second kappa shape index (κ2) is 8.06. The maximum absolute atomic E-state index is 12.7. The van der Waals surface area contributed by atoms with E-state index in [0.29, 0.717) is 10.6 Å². The number of ether oxygens (including phenoxy) is 1. The van der Waals surface area contributed by atoms with Crippen molar-refractivity contribution in [3.05, 3.63) is 54.9 Å². The molecule has 1 amide bonds. The van der Waals surface area contributed by atoms with Gasteiger partial charge >= 0.3 is 5.97 Å². The van der Waals surface area contributed by atoms with Gasteiger partial charge in [0.05, 0.1) is 27.7 Å². The minimum Gasteiger partial charge on any atom is -0.462 e. The van der Waals surface area contributed by atoms with Crippen molar-refractivity contribution in [1.82, 2.24) is 0 Å². The lowest BCUT2D eigenvalue weighted by Crippen LogP contribution is -2.16. The van der Waals surface area contributed by atoms with Gasteiger partial charge in [-0.25, -0.2) is 4.79 Å². The molecule has 0 saturated heterocycles. The van der Waals surface area contributed by atoms with Crippen LogP contribution in [-0.2, 0) is 17.6 Å². The number of esters is 1.